The minimum atomic E-state index is -3.00. The van der Waals surface area contributed by atoms with Crippen LogP contribution in [0, 0.1) is 5.92 Å². The van der Waals surface area contributed by atoms with Gasteiger partial charge in [-0.15, -0.1) is 0 Å². The zero-order valence-electron chi connectivity index (χ0n) is 9.59. The standard InChI is InChI=1S/C10H18N2O4S/c11-9-6-16-5-8(9)10(13)12-4-7-2-1-3-17(7,14)15/h7-9H,1-6,11H2,(H,12,13). The van der Waals surface area contributed by atoms with Crippen LogP contribution in [0.4, 0.5) is 0 Å². The number of hydrogen-bond acceptors (Lipinski definition) is 5. The molecule has 98 valence electrons. The number of carbonyl (C=O) groups is 1. The maximum absolute atomic E-state index is 11.8. The number of nitrogens with one attached hydrogen (secondary N) is 1. The summed E-state index contributed by atoms with van der Waals surface area (Å²) in [7, 11) is -3.00. The highest BCUT2D eigenvalue weighted by atomic mass is 32.2. The van der Waals surface area contributed by atoms with Gasteiger partial charge in [0, 0.05) is 12.6 Å². The first kappa shape index (κ1) is 12.8. The summed E-state index contributed by atoms with van der Waals surface area (Å²) in [5, 5.41) is 2.25. The number of amides is 1. The van der Waals surface area contributed by atoms with Gasteiger partial charge in [0.2, 0.25) is 5.91 Å². The molecule has 2 heterocycles. The van der Waals surface area contributed by atoms with Gasteiger partial charge in [0.05, 0.1) is 30.1 Å². The van der Waals surface area contributed by atoms with E-state index in [9.17, 15) is 13.2 Å². The van der Waals surface area contributed by atoms with Gasteiger partial charge in [-0.25, -0.2) is 8.42 Å². The molecule has 17 heavy (non-hydrogen) atoms. The third-order valence-corrected chi connectivity index (χ3v) is 5.70. The first-order valence-electron chi connectivity index (χ1n) is 5.83. The fraction of sp³-hybridized carbons (Fsp3) is 0.900. The first-order valence-corrected chi connectivity index (χ1v) is 7.55. The molecule has 6 nitrogen and oxygen atoms in total. The lowest BCUT2D eigenvalue weighted by atomic mass is 10.0. The highest BCUT2D eigenvalue weighted by Gasteiger charge is 2.34. The minimum Gasteiger partial charge on any atom is -0.379 e. The maximum atomic E-state index is 11.8. The molecule has 3 unspecified atom stereocenters. The second-order valence-corrected chi connectivity index (χ2v) is 7.08. The first-order chi connectivity index (χ1) is 8.00. The van der Waals surface area contributed by atoms with Crippen LogP contribution >= 0.6 is 0 Å². The van der Waals surface area contributed by atoms with Gasteiger partial charge < -0.3 is 15.8 Å². The van der Waals surface area contributed by atoms with Crippen molar-refractivity contribution in [2.75, 3.05) is 25.5 Å². The maximum Gasteiger partial charge on any atom is 0.227 e. The van der Waals surface area contributed by atoms with E-state index in [1.807, 2.05) is 0 Å². The average molecular weight is 262 g/mol. The largest absolute Gasteiger partial charge is 0.379 e. The number of rotatable bonds is 3. The zero-order chi connectivity index (χ0) is 12.5. The SMILES string of the molecule is NC1COCC1C(=O)NCC1CCCS1(=O)=O. The van der Waals surface area contributed by atoms with Gasteiger partial charge in [-0.3, -0.25) is 4.79 Å². The predicted molar refractivity (Wildman–Crippen MR) is 62.1 cm³/mol. The van der Waals surface area contributed by atoms with Crippen LogP contribution in [0.5, 0.6) is 0 Å². The lowest BCUT2D eigenvalue weighted by molar-refractivity contribution is -0.125. The summed E-state index contributed by atoms with van der Waals surface area (Å²) in [6.45, 7) is 0.911. The van der Waals surface area contributed by atoms with Crippen molar-refractivity contribution in [2.45, 2.75) is 24.1 Å². The third kappa shape index (κ3) is 2.78. The quantitative estimate of drug-likeness (QED) is 0.655. The van der Waals surface area contributed by atoms with Crippen LogP contribution < -0.4 is 11.1 Å². The molecular weight excluding hydrogens is 244 g/mol. The van der Waals surface area contributed by atoms with Gasteiger partial charge in [-0.05, 0) is 12.8 Å². The molecule has 0 bridgehead atoms. The van der Waals surface area contributed by atoms with Crippen molar-refractivity contribution in [3.8, 4) is 0 Å². The molecule has 2 fully saturated rings. The molecule has 3 N–H and O–H groups in total. The van der Waals surface area contributed by atoms with Crippen molar-refractivity contribution in [1.29, 1.82) is 0 Å². The van der Waals surface area contributed by atoms with Crippen molar-refractivity contribution in [3.63, 3.8) is 0 Å². The van der Waals surface area contributed by atoms with Gasteiger partial charge in [-0.2, -0.15) is 0 Å². The Labute approximate surface area is 101 Å². The van der Waals surface area contributed by atoms with Crippen LogP contribution in [-0.2, 0) is 19.4 Å². The second kappa shape index (κ2) is 4.91. The molecule has 0 saturated carbocycles. The van der Waals surface area contributed by atoms with Gasteiger partial charge in [0.1, 0.15) is 0 Å². The zero-order valence-corrected chi connectivity index (χ0v) is 10.4. The van der Waals surface area contributed by atoms with E-state index in [1.165, 1.54) is 0 Å². The van der Waals surface area contributed by atoms with Gasteiger partial charge in [-0.1, -0.05) is 0 Å². The normalized spacial score (nSPS) is 35.9. The van der Waals surface area contributed by atoms with Gasteiger partial charge >= 0.3 is 0 Å². The summed E-state index contributed by atoms with van der Waals surface area (Å²) in [5.74, 6) is -0.309. The Bertz CT molecular complexity index is 395. The smallest absolute Gasteiger partial charge is 0.227 e. The van der Waals surface area contributed by atoms with Crippen molar-refractivity contribution in [3.05, 3.63) is 0 Å². The molecule has 2 saturated heterocycles. The van der Waals surface area contributed by atoms with Crippen LogP contribution in [-0.4, -0.2) is 51.1 Å². The molecule has 0 aromatic carbocycles. The summed E-state index contributed by atoms with van der Waals surface area (Å²) < 4.78 is 28.2. The van der Waals surface area contributed by atoms with E-state index in [0.29, 0.717) is 26.1 Å². The van der Waals surface area contributed by atoms with E-state index < -0.39 is 15.1 Å². The molecule has 0 radical (unpaired) electrons. The summed E-state index contributed by atoms with van der Waals surface area (Å²) in [6, 6.07) is -0.282. The summed E-state index contributed by atoms with van der Waals surface area (Å²) >= 11 is 0. The average Bonchev–Trinajstić information content (AvgIpc) is 2.81. The van der Waals surface area contributed by atoms with Crippen LogP contribution in [0.3, 0.4) is 0 Å². The topological polar surface area (TPSA) is 98.5 Å². The molecule has 0 aromatic heterocycles. The molecule has 1 amide bonds. The Morgan fingerprint density at radius 2 is 2.18 bits per heavy atom. The van der Waals surface area contributed by atoms with E-state index in [0.717, 1.165) is 0 Å². The van der Waals surface area contributed by atoms with Crippen molar-refractivity contribution < 1.29 is 17.9 Å². The molecule has 0 aromatic rings. The monoisotopic (exact) mass is 262 g/mol. The lowest BCUT2D eigenvalue weighted by Crippen LogP contribution is -2.44. The Balaban J connectivity index is 1.84. The van der Waals surface area contributed by atoms with E-state index >= 15 is 0 Å². The highest BCUT2D eigenvalue weighted by Crippen LogP contribution is 2.19. The highest BCUT2D eigenvalue weighted by molar-refractivity contribution is 7.92. The minimum absolute atomic E-state index is 0.197. The molecule has 2 rings (SSSR count). The van der Waals surface area contributed by atoms with E-state index in [1.54, 1.807) is 0 Å². The van der Waals surface area contributed by atoms with Crippen LogP contribution in [0.2, 0.25) is 0 Å². The van der Waals surface area contributed by atoms with Gasteiger partial charge in [0.15, 0.2) is 9.84 Å². The third-order valence-electron chi connectivity index (χ3n) is 3.43. The number of ether oxygens (including phenoxy) is 1. The molecule has 0 spiro atoms. The van der Waals surface area contributed by atoms with E-state index in [4.69, 9.17) is 10.5 Å². The summed E-state index contributed by atoms with van der Waals surface area (Å²) in [4.78, 5) is 11.8. The Hall–Kier alpha value is -0.660. The Kier molecular flexibility index (Phi) is 3.70. The van der Waals surface area contributed by atoms with Crippen molar-refractivity contribution in [2.24, 2.45) is 11.7 Å². The lowest BCUT2D eigenvalue weighted by Gasteiger charge is -2.15. The van der Waals surface area contributed by atoms with Crippen LogP contribution in [0.25, 0.3) is 0 Å². The number of nitrogens with two attached hydrogens (primary N) is 1. The summed E-state index contributed by atoms with van der Waals surface area (Å²) in [5.41, 5.74) is 5.71. The van der Waals surface area contributed by atoms with E-state index in [2.05, 4.69) is 5.32 Å². The number of sulfone groups is 1. The van der Waals surface area contributed by atoms with Crippen molar-refractivity contribution >= 4 is 15.7 Å². The number of carbonyl (C=O) groups excluding carboxylic acids is 1. The molecule has 0 aliphatic carbocycles. The fourth-order valence-corrected chi connectivity index (χ4v) is 4.04. The molecule has 3 atom stereocenters. The molecular formula is C10H18N2O4S. The van der Waals surface area contributed by atoms with E-state index in [-0.39, 0.29) is 30.2 Å². The van der Waals surface area contributed by atoms with Crippen molar-refractivity contribution in [1.82, 2.24) is 5.32 Å². The van der Waals surface area contributed by atoms with Gasteiger partial charge in [0.25, 0.3) is 0 Å². The Morgan fingerprint density at radius 1 is 1.41 bits per heavy atom. The predicted octanol–water partition coefficient (Wildman–Crippen LogP) is -1.35. The summed E-state index contributed by atoms with van der Waals surface area (Å²) in [6.07, 6.45) is 1.32. The Morgan fingerprint density at radius 3 is 2.71 bits per heavy atom. The van der Waals surface area contributed by atoms with Crippen LogP contribution in [0.1, 0.15) is 12.8 Å². The molecule has 2 aliphatic heterocycles. The molecule has 7 heteroatoms. The van der Waals surface area contributed by atoms with Crippen LogP contribution in [0.15, 0.2) is 0 Å². The second-order valence-electron chi connectivity index (χ2n) is 4.68. The molecule has 2 aliphatic rings. The fourth-order valence-electron chi connectivity index (χ4n) is 2.27. The number of hydrogen-bond donors (Lipinski definition) is 2.